The molecule has 0 saturated carbocycles. The maximum Gasteiger partial charge on any atom is 0.00388 e. The maximum absolute atomic E-state index is 6.05. The molecule has 0 spiro atoms. The highest BCUT2D eigenvalue weighted by molar-refractivity contribution is 4.62. The Labute approximate surface area is 90.5 Å². The number of hydrogen-bond acceptors (Lipinski definition) is 1. The van der Waals surface area contributed by atoms with Gasteiger partial charge in [0.15, 0.2) is 0 Å². The third-order valence-electron chi connectivity index (χ3n) is 2.71. The van der Waals surface area contributed by atoms with Gasteiger partial charge in [-0.05, 0) is 24.7 Å². The predicted molar refractivity (Wildman–Crippen MR) is 65.4 cm³/mol. The fraction of sp³-hybridized carbons (Fsp3) is 1.00. The average molecular weight is 199 g/mol. The summed E-state index contributed by atoms with van der Waals surface area (Å²) in [6.07, 6.45) is 7.71. The van der Waals surface area contributed by atoms with E-state index < -0.39 is 0 Å². The predicted octanol–water partition coefficient (Wildman–Crippen LogP) is 3.97. The van der Waals surface area contributed by atoms with Gasteiger partial charge in [0, 0.05) is 6.04 Å². The molecule has 0 atom stereocenters. The average Bonchev–Trinajstić information content (AvgIpc) is 2.02. The molecule has 1 nitrogen and oxygen atoms in total. The lowest BCUT2D eigenvalue weighted by molar-refractivity contribution is 0.450. The second-order valence-electron chi connectivity index (χ2n) is 5.41. The molecular weight excluding hydrogens is 170 g/mol. The summed E-state index contributed by atoms with van der Waals surface area (Å²) in [6.45, 7) is 9.13. The van der Waals surface area contributed by atoms with Gasteiger partial charge in [-0.3, -0.25) is 0 Å². The van der Waals surface area contributed by atoms with Gasteiger partial charge in [0.2, 0.25) is 0 Å². The summed E-state index contributed by atoms with van der Waals surface area (Å²) in [6, 6.07) is 0.451. The third kappa shape index (κ3) is 10.0. The minimum absolute atomic E-state index is 0.451. The molecule has 1 heteroatoms. The van der Waals surface area contributed by atoms with Crippen molar-refractivity contribution in [3.05, 3.63) is 0 Å². The number of rotatable bonds is 8. The van der Waals surface area contributed by atoms with Crippen LogP contribution in [0.4, 0.5) is 0 Å². The van der Waals surface area contributed by atoms with E-state index in [9.17, 15) is 0 Å². The second kappa shape index (κ2) is 8.28. The van der Waals surface area contributed by atoms with Crippen LogP contribution in [-0.2, 0) is 0 Å². The summed E-state index contributed by atoms with van der Waals surface area (Å²) in [5.74, 6) is 1.66. The molecule has 0 saturated heterocycles. The summed E-state index contributed by atoms with van der Waals surface area (Å²) in [5, 5.41) is 0. The molecular formula is C13H29N. The van der Waals surface area contributed by atoms with Crippen LogP contribution in [0.25, 0.3) is 0 Å². The van der Waals surface area contributed by atoms with Crippen molar-refractivity contribution >= 4 is 0 Å². The molecule has 0 heterocycles. The molecule has 0 bridgehead atoms. The number of nitrogens with two attached hydrogens (primary N) is 1. The fourth-order valence-electron chi connectivity index (χ4n) is 1.72. The molecule has 0 aromatic heterocycles. The van der Waals surface area contributed by atoms with Gasteiger partial charge in [-0.2, -0.15) is 0 Å². The van der Waals surface area contributed by atoms with E-state index in [2.05, 4.69) is 27.7 Å². The first-order chi connectivity index (χ1) is 6.52. The maximum atomic E-state index is 6.05. The second-order valence-corrected chi connectivity index (χ2v) is 5.41. The molecule has 0 fully saturated rings. The van der Waals surface area contributed by atoms with E-state index >= 15 is 0 Å². The fourth-order valence-corrected chi connectivity index (χ4v) is 1.72. The van der Waals surface area contributed by atoms with E-state index in [-0.39, 0.29) is 0 Å². The molecule has 0 aliphatic heterocycles. The van der Waals surface area contributed by atoms with Crippen LogP contribution < -0.4 is 5.73 Å². The zero-order valence-electron chi connectivity index (χ0n) is 10.6. The summed E-state index contributed by atoms with van der Waals surface area (Å²) >= 11 is 0. The molecule has 0 unspecified atom stereocenters. The lowest BCUT2D eigenvalue weighted by atomic mass is 9.98. The molecule has 0 aliphatic rings. The minimum atomic E-state index is 0.451. The highest BCUT2D eigenvalue weighted by Crippen LogP contribution is 2.12. The third-order valence-corrected chi connectivity index (χ3v) is 2.71. The summed E-state index contributed by atoms with van der Waals surface area (Å²) < 4.78 is 0. The largest absolute Gasteiger partial charge is 0.328 e. The van der Waals surface area contributed by atoms with E-state index in [4.69, 9.17) is 5.73 Å². The van der Waals surface area contributed by atoms with Crippen molar-refractivity contribution in [2.45, 2.75) is 72.3 Å². The zero-order chi connectivity index (χ0) is 11.0. The highest BCUT2D eigenvalue weighted by Gasteiger charge is 2.03. The first-order valence-corrected chi connectivity index (χ1v) is 6.28. The van der Waals surface area contributed by atoms with Gasteiger partial charge >= 0.3 is 0 Å². The summed E-state index contributed by atoms with van der Waals surface area (Å²) in [4.78, 5) is 0. The van der Waals surface area contributed by atoms with Crippen LogP contribution in [0.2, 0.25) is 0 Å². The molecule has 0 rings (SSSR count). The molecule has 2 N–H and O–H groups in total. The minimum Gasteiger partial charge on any atom is -0.328 e. The van der Waals surface area contributed by atoms with E-state index in [1.54, 1.807) is 0 Å². The SMILES string of the molecule is CC(C)CCCC(N)CCCC(C)C. The van der Waals surface area contributed by atoms with Crippen molar-refractivity contribution in [1.29, 1.82) is 0 Å². The molecule has 0 aliphatic carbocycles. The molecule has 0 aromatic carbocycles. The van der Waals surface area contributed by atoms with Gasteiger partial charge in [-0.25, -0.2) is 0 Å². The van der Waals surface area contributed by atoms with Crippen molar-refractivity contribution in [2.24, 2.45) is 17.6 Å². The van der Waals surface area contributed by atoms with E-state index in [0.29, 0.717) is 6.04 Å². The van der Waals surface area contributed by atoms with Gasteiger partial charge in [0.05, 0.1) is 0 Å². The van der Waals surface area contributed by atoms with Crippen LogP contribution in [0, 0.1) is 11.8 Å². The van der Waals surface area contributed by atoms with Gasteiger partial charge in [-0.1, -0.05) is 53.4 Å². The Morgan fingerprint density at radius 1 is 0.714 bits per heavy atom. The van der Waals surface area contributed by atoms with Crippen LogP contribution in [0.5, 0.6) is 0 Å². The Balaban J connectivity index is 3.23. The highest BCUT2D eigenvalue weighted by atomic mass is 14.6. The Bertz CT molecular complexity index is 104. The number of hydrogen-bond donors (Lipinski definition) is 1. The van der Waals surface area contributed by atoms with Crippen LogP contribution in [0.1, 0.15) is 66.2 Å². The Morgan fingerprint density at radius 3 is 1.36 bits per heavy atom. The van der Waals surface area contributed by atoms with Crippen molar-refractivity contribution in [1.82, 2.24) is 0 Å². The van der Waals surface area contributed by atoms with E-state index in [0.717, 1.165) is 11.8 Å². The molecule has 14 heavy (non-hydrogen) atoms. The lowest BCUT2D eigenvalue weighted by Gasteiger charge is -2.12. The van der Waals surface area contributed by atoms with Crippen molar-refractivity contribution in [2.75, 3.05) is 0 Å². The molecule has 0 aromatic rings. The van der Waals surface area contributed by atoms with Crippen molar-refractivity contribution in [3.63, 3.8) is 0 Å². The van der Waals surface area contributed by atoms with E-state index in [1.165, 1.54) is 38.5 Å². The quantitative estimate of drug-likeness (QED) is 0.629. The Morgan fingerprint density at radius 2 is 1.07 bits per heavy atom. The van der Waals surface area contributed by atoms with Gasteiger partial charge in [0.25, 0.3) is 0 Å². The molecule has 0 radical (unpaired) electrons. The monoisotopic (exact) mass is 199 g/mol. The van der Waals surface area contributed by atoms with Gasteiger partial charge in [-0.15, -0.1) is 0 Å². The van der Waals surface area contributed by atoms with E-state index in [1.807, 2.05) is 0 Å². The lowest BCUT2D eigenvalue weighted by Crippen LogP contribution is -2.19. The Hall–Kier alpha value is -0.0400. The molecule has 86 valence electrons. The smallest absolute Gasteiger partial charge is 0.00388 e. The van der Waals surface area contributed by atoms with Crippen molar-refractivity contribution in [3.8, 4) is 0 Å². The van der Waals surface area contributed by atoms with Crippen LogP contribution >= 0.6 is 0 Å². The van der Waals surface area contributed by atoms with Crippen LogP contribution in [0.15, 0.2) is 0 Å². The Kier molecular flexibility index (Phi) is 8.26. The first-order valence-electron chi connectivity index (χ1n) is 6.28. The molecule has 0 amide bonds. The zero-order valence-corrected chi connectivity index (χ0v) is 10.6. The van der Waals surface area contributed by atoms with Crippen LogP contribution in [0.3, 0.4) is 0 Å². The summed E-state index contributed by atoms with van der Waals surface area (Å²) in [5.41, 5.74) is 6.05. The first kappa shape index (κ1) is 14.0. The van der Waals surface area contributed by atoms with Crippen LogP contribution in [-0.4, -0.2) is 6.04 Å². The standard InChI is InChI=1S/C13H29N/c1-11(2)7-5-9-13(14)10-6-8-12(3)4/h11-13H,5-10,14H2,1-4H3. The normalized spacial score (nSPS) is 12.0. The van der Waals surface area contributed by atoms with Gasteiger partial charge < -0.3 is 5.73 Å². The van der Waals surface area contributed by atoms with Crippen molar-refractivity contribution < 1.29 is 0 Å². The van der Waals surface area contributed by atoms with Gasteiger partial charge in [0.1, 0.15) is 0 Å². The summed E-state index contributed by atoms with van der Waals surface area (Å²) in [7, 11) is 0. The topological polar surface area (TPSA) is 26.0 Å².